The number of allylic oxidation sites excluding steroid dienone is 4. The van der Waals surface area contributed by atoms with Crippen molar-refractivity contribution in [1.82, 2.24) is 0 Å². The number of hydrogen-bond donors (Lipinski definition) is 6. The molecule has 0 aromatic heterocycles. The monoisotopic (exact) mass is 612 g/mol. The van der Waals surface area contributed by atoms with Gasteiger partial charge in [0.05, 0.1) is 37.9 Å². The lowest BCUT2D eigenvalue weighted by Gasteiger charge is -2.14. The molecule has 6 N–H and O–H groups in total. The first-order valence-corrected chi connectivity index (χ1v) is 15.7. The Morgan fingerprint density at radius 2 is 1.07 bits per heavy atom. The number of aliphatic carboxylic acids is 1. The molecule has 8 heteroatoms. The van der Waals surface area contributed by atoms with Gasteiger partial charge in [0, 0.05) is 0 Å². The average molecular weight is 613 g/mol. The molecular weight excluding hydrogens is 560 g/mol. The summed E-state index contributed by atoms with van der Waals surface area (Å²) in [5.74, 6) is -2.26. The van der Waals surface area contributed by atoms with Crippen LogP contribution in [0.15, 0.2) is 60.7 Å². The zero-order chi connectivity index (χ0) is 32.6. The van der Waals surface area contributed by atoms with Gasteiger partial charge in [-0.05, 0) is 84.9 Å². The van der Waals surface area contributed by atoms with Crippen molar-refractivity contribution in [3.8, 4) is 0 Å². The lowest BCUT2D eigenvalue weighted by atomic mass is 9.92. The lowest BCUT2D eigenvalue weighted by Crippen LogP contribution is -2.16. The van der Waals surface area contributed by atoms with Gasteiger partial charge in [-0.25, -0.2) is 4.79 Å². The summed E-state index contributed by atoms with van der Waals surface area (Å²) in [6.45, 7) is 1.55. The summed E-state index contributed by atoms with van der Waals surface area (Å²) in [7, 11) is 0. The minimum atomic E-state index is -1.06. The van der Waals surface area contributed by atoms with Gasteiger partial charge in [0.1, 0.15) is 0 Å². The van der Waals surface area contributed by atoms with E-state index < -0.39 is 17.9 Å². The van der Waals surface area contributed by atoms with Gasteiger partial charge in [0.2, 0.25) is 0 Å². The van der Waals surface area contributed by atoms with Gasteiger partial charge in [0.25, 0.3) is 0 Å². The third-order valence-corrected chi connectivity index (χ3v) is 7.23. The van der Waals surface area contributed by atoms with E-state index in [1.165, 1.54) is 37.8 Å². The Morgan fingerprint density at radius 3 is 1.52 bits per heavy atom. The maximum absolute atomic E-state index is 11.7. The predicted molar refractivity (Wildman–Crippen MR) is 173 cm³/mol. The van der Waals surface area contributed by atoms with Crippen LogP contribution in [-0.4, -0.2) is 42.6 Å². The van der Waals surface area contributed by atoms with Crippen molar-refractivity contribution in [3.63, 3.8) is 0 Å². The molecule has 0 amide bonds. The van der Waals surface area contributed by atoms with E-state index in [2.05, 4.69) is 31.2 Å². The predicted octanol–water partition coefficient (Wildman–Crippen LogP) is 6.71. The largest absolute Gasteiger partial charge is 0.481 e. The van der Waals surface area contributed by atoms with Crippen LogP contribution in [-0.2, 0) is 37.6 Å². The number of hydrogen-bond acceptors (Lipinski definition) is 6. The molecule has 1 atom stereocenters. The molecule has 0 fully saturated rings. The third-order valence-electron chi connectivity index (χ3n) is 7.23. The highest BCUT2D eigenvalue weighted by Crippen LogP contribution is 2.20. The van der Waals surface area contributed by atoms with Crippen LogP contribution in [0.3, 0.4) is 0 Å². The Labute approximate surface area is 262 Å². The summed E-state index contributed by atoms with van der Waals surface area (Å²) in [6.07, 6.45) is 21.5. The SMILES string of the molecule is CCCCC/C=C\C/C=C\CCCCCCC(Cc1cc(CO)cc(CO)c1)C(=O)O.O=C(O)c1cc(CO)cc(CO)c1. The van der Waals surface area contributed by atoms with Gasteiger partial charge >= 0.3 is 11.9 Å². The number of benzene rings is 2. The van der Waals surface area contributed by atoms with Crippen molar-refractivity contribution in [2.75, 3.05) is 0 Å². The Balaban J connectivity index is 0.000000617. The number of aliphatic hydroxyl groups excluding tert-OH is 4. The van der Waals surface area contributed by atoms with Gasteiger partial charge in [-0.1, -0.05) is 87.6 Å². The van der Waals surface area contributed by atoms with Gasteiger partial charge in [-0.2, -0.15) is 0 Å². The van der Waals surface area contributed by atoms with Crippen molar-refractivity contribution in [2.45, 2.75) is 110 Å². The van der Waals surface area contributed by atoms with Crippen LogP contribution in [0.1, 0.15) is 116 Å². The molecule has 0 bridgehead atoms. The molecular formula is C36H52O8. The number of carboxylic acid groups (broad SMARTS) is 2. The Hall–Kier alpha value is -3.30. The van der Waals surface area contributed by atoms with E-state index in [1.807, 2.05) is 12.1 Å². The number of aromatic carboxylic acids is 1. The van der Waals surface area contributed by atoms with Crippen molar-refractivity contribution >= 4 is 11.9 Å². The van der Waals surface area contributed by atoms with E-state index >= 15 is 0 Å². The standard InChI is InChI=1S/C27H42O4.C9H10O4/c1-2-3-4-5-6-7-8-9-10-11-12-13-14-15-16-26(27(30)31)20-23-17-24(21-28)19-25(18-23)22-29;10-4-6-1-7(5-11)3-8(2-6)9(12)13/h6-7,9-10,17-19,26,28-29H,2-5,8,11-16,20-22H2,1H3,(H,30,31);1-3,10-11H,4-5H2,(H,12,13)/b7-6-,10-9-;. The molecule has 2 aromatic carbocycles. The molecule has 0 heterocycles. The van der Waals surface area contributed by atoms with Gasteiger partial charge in [-0.3, -0.25) is 4.79 Å². The van der Waals surface area contributed by atoms with Crippen LogP contribution in [0, 0.1) is 5.92 Å². The van der Waals surface area contributed by atoms with Gasteiger partial charge in [0.15, 0.2) is 0 Å². The second-order valence-electron chi connectivity index (χ2n) is 11.0. The highest BCUT2D eigenvalue weighted by Gasteiger charge is 2.18. The summed E-state index contributed by atoms with van der Waals surface area (Å²) in [6, 6.07) is 9.73. The molecule has 1 unspecified atom stereocenters. The molecule has 2 aromatic rings. The molecule has 244 valence electrons. The maximum atomic E-state index is 11.7. The fourth-order valence-corrected chi connectivity index (χ4v) is 4.83. The summed E-state index contributed by atoms with van der Waals surface area (Å²) >= 11 is 0. The van der Waals surface area contributed by atoms with Crippen LogP contribution in [0.4, 0.5) is 0 Å². The number of carboxylic acids is 2. The quantitative estimate of drug-likeness (QED) is 0.0671. The van der Waals surface area contributed by atoms with Gasteiger partial charge in [-0.15, -0.1) is 0 Å². The molecule has 0 spiro atoms. The second-order valence-corrected chi connectivity index (χ2v) is 11.0. The van der Waals surface area contributed by atoms with Gasteiger partial charge < -0.3 is 30.6 Å². The number of unbranched alkanes of at least 4 members (excludes halogenated alkanes) is 7. The highest BCUT2D eigenvalue weighted by molar-refractivity contribution is 5.88. The minimum absolute atomic E-state index is 0.0793. The summed E-state index contributed by atoms with van der Waals surface area (Å²) in [5.41, 5.74) is 3.35. The van der Waals surface area contributed by atoms with E-state index in [4.69, 9.17) is 15.3 Å². The highest BCUT2D eigenvalue weighted by atomic mass is 16.4. The van der Waals surface area contributed by atoms with Crippen molar-refractivity contribution in [1.29, 1.82) is 0 Å². The molecule has 0 saturated carbocycles. The fourth-order valence-electron chi connectivity index (χ4n) is 4.83. The molecule has 2 rings (SSSR count). The first kappa shape index (κ1) is 38.7. The molecule has 44 heavy (non-hydrogen) atoms. The van der Waals surface area contributed by atoms with Crippen molar-refractivity contribution in [3.05, 3.63) is 94.1 Å². The topological polar surface area (TPSA) is 156 Å². The minimum Gasteiger partial charge on any atom is -0.481 e. The average Bonchev–Trinajstić information content (AvgIpc) is 3.03. The summed E-state index contributed by atoms with van der Waals surface area (Å²) in [4.78, 5) is 22.2. The summed E-state index contributed by atoms with van der Waals surface area (Å²) in [5, 5.41) is 54.5. The number of rotatable bonds is 21. The fraction of sp³-hybridized carbons (Fsp3) is 0.500. The van der Waals surface area contributed by atoms with E-state index in [9.17, 15) is 24.9 Å². The summed E-state index contributed by atoms with van der Waals surface area (Å²) < 4.78 is 0. The Bertz CT molecular complexity index is 1110. The number of aliphatic hydroxyl groups is 4. The van der Waals surface area contributed by atoms with E-state index in [-0.39, 0.29) is 32.0 Å². The smallest absolute Gasteiger partial charge is 0.335 e. The van der Waals surface area contributed by atoms with Crippen LogP contribution >= 0.6 is 0 Å². The van der Waals surface area contributed by atoms with Crippen molar-refractivity contribution in [2.24, 2.45) is 5.92 Å². The first-order chi connectivity index (χ1) is 21.3. The molecule has 0 saturated heterocycles. The molecule has 0 aliphatic heterocycles. The van der Waals surface area contributed by atoms with Crippen LogP contribution in [0.25, 0.3) is 0 Å². The van der Waals surface area contributed by atoms with Crippen LogP contribution in [0.5, 0.6) is 0 Å². The molecule has 8 nitrogen and oxygen atoms in total. The Kier molecular flexibility index (Phi) is 21.2. The Morgan fingerprint density at radius 1 is 0.614 bits per heavy atom. The number of carbonyl (C=O) groups is 2. The zero-order valence-corrected chi connectivity index (χ0v) is 26.2. The van der Waals surface area contributed by atoms with E-state index in [0.717, 1.165) is 44.1 Å². The molecule has 0 radical (unpaired) electrons. The second kappa shape index (κ2) is 24.1. The van der Waals surface area contributed by atoms with E-state index in [0.29, 0.717) is 35.1 Å². The van der Waals surface area contributed by atoms with Crippen molar-refractivity contribution < 1.29 is 40.2 Å². The maximum Gasteiger partial charge on any atom is 0.335 e. The normalized spacial score (nSPS) is 11.9. The van der Waals surface area contributed by atoms with Crippen LogP contribution in [0.2, 0.25) is 0 Å². The third kappa shape index (κ3) is 17.1. The molecule has 0 aliphatic carbocycles. The molecule has 0 aliphatic rings. The van der Waals surface area contributed by atoms with E-state index in [1.54, 1.807) is 12.1 Å². The lowest BCUT2D eigenvalue weighted by molar-refractivity contribution is -0.142. The van der Waals surface area contributed by atoms with Crippen LogP contribution < -0.4 is 0 Å². The zero-order valence-electron chi connectivity index (χ0n) is 26.2. The first-order valence-electron chi connectivity index (χ1n) is 15.7.